The first-order chi connectivity index (χ1) is 15.4. The van der Waals surface area contributed by atoms with E-state index in [4.69, 9.17) is 4.74 Å². The van der Waals surface area contributed by atoms with Gasteiger partial charge in [-0.05, 0) is 52.1 Å². The van der Waals surface area contributed by atoms with Crippen LogP contribution in [-0.2, 0) is 5.60 Å². The molecule has 148 valence electrons. The van der Waals surface area contributed by atoms with Gasteiger partial charge in [0.05, 0.1) is 0 Å². The van der Waals surface area contributed by atoms with Gasteiger partial charge < -0.3 is 4.74 Å². The lowest BCUT2D eigenvalue weighted by Crippen LogP contribution is -2.34. The highest BCUT2D eigenvalue weighted by molar-refractivity contribution is 7.13. The van der Waals surface area contributed by atoms with Gasteiger partial charge >= 0.3 is 0 Å². The Balaban J connectivity index is 1.56. The summed E-state index contributed by atoms with van der Waals surface area (Å²) in [7, 11) is 0. The number of thiophene rings is 1. The Hall–Kier alpha value is -3.62. The molecule has 0 atom stereocenters. The van der Waals surface area contributed by atoms with Crippen LogP contribution < -0.4 is 4.74 Å². The molecule has 0 N–H and O–H groups in total. The minimum atomic E-state index is -0.644. The molecule has 0 fully saturated rings. The highest BCUT2D eigenvalue weighted by Crippen LogP contribution is 2.45. The molecule has 0 aliphatic carbocycles. The summed E-state index contributed by atoms with van der Waals surface area (Å²) in [6.45, 7) is 0. The maximum atomic E-state index is 6.85. The number of hydrogen-bond acceptors (Lipinski definition) is 2. The maximum absolute atomic E-state index is 6.85. The van der Waals surface area contributed by atoms with Gasteiger partial charge in [0.2, 0.25) is 0 Å². The number of hydrogen-bond donors (Lipinski definition) is 0. The van der Waals surface area contributed by atoms with Crippen molar-refractivity contribution < 1.29 is 4.74 Å². The van der Waals surface area contributed by atoms with Gasteiger partial charge in [0, 0.05) is 21.6 Å². The second kappa shape index (κ2) is 7.26. The molecule has 0 saturated heterocycles. The normalized spacial score (nSPS) is 14.2. The summed E-state index contributed by atoms with van der Waals surface area (Å²) in [6.07, 6.45) is 4.44. The SMILES string of the molecule is C1=CC(c2ccccc2)(c2ccccc2)Oc2ccc3c(-c4cccs4)cccc3c21. The molecule has 2 heteroatoms. The van der Waals surface area contributed by atoms with E-state index < -0.39 is 5.60 Å². The van der Waals surface area contributed by atoms with Crippen LogP contribution in [0.2, 0.25) is 0 Å². The van der Waals surface area contributed by atoms with E-state index in [2.05, 4.69) is 109 Å². The lowest BCUT2D eigenvalue weighted by atomic mass is 9.83. The van der Waals surface area contributed by atoms with Crippen molar-refractivity contribution in [3.05, 3.63) is 131 Å². The lowest BCUT2D eigenvalue weighted by molar-refractivity contribution is 0.161. The van der Waals surface area contributed by atoms with E-state index in [9.17, 15) is 0 Å². The van der Waals surface area contributed by atoms with Crippen LogP contribution in [0.1, 0.15) is 16.7 Å². The lowest BCUT2D eigenvalue weighted by Gasteiger charge is -2.36. The van der Waals surface area contributed by atoms with Gasteiger partial charge in [0.25, 0.3) is 0 Å². The average Bonchev–Trinajstić information content (AvgIpc) is 3.39. The molecule has 0 bridgehead atoms. The smallest absolute Gasteiger partial charge is 0.178 e. The Morgan fingerprint density at radius 3 is 2.03 bits per heavy atom. The van der Waals surface area contributed by atoms with Crippen molar-refractivity contribution in [3.8, 4) is 16.2 Å². The molecule has 0 spiro atoms. The van der Waals surface area contributed by atoms with Crippen molar-refractivity contribution in [1.82, 2.24) is 0 Å². The van der Waals surface area contributed by atoms with E-state index in [-0.39, 0.29) is 0 Å². The van der Waals surface area contributed by atoms with Gasteiger partial charge in [-0.1, -0.05) is 84.9 Å². The summed E-state index contributed by atoms with van der Waals surface area (Å²) in [5, 5.41) is 4.60. The minimum Gasteiger partial charge on any atom is -0.473 e. The summed E-state index contributed by atoms with van der Waals surface area (Å²) in [4.78, 5) is 1.29. The van der Waals surface area contributed by atoms with Crippen molar-refractivity contribution in [1.29, 1.82) is 0 Å². The largest absolute Gasteiger partial charge is 0.473 e. The van der Waals surface area contributed by atoms with Crippen LogP contribution in [-0.4, -0.2) is 0 Å². The van der Waals surface area contributed by atoms with E-state index in [1.165, 1.54) is 21.2 Å². The molecular weight excluding hydrogens is 396 g/mol. The van der Waals surface area contributed by atoms with Crippen LogP contribution in [0.3, 0.4) is 0 Å². The third kappa shape index (κ3) is 2.91. The first-order valence-corrected chi connectivity index (χ1v) is 11.3. The van der Waals surface area contributed by atoms with Crippen LogP contribution in [0.15, 0.2) is 115 Å². The van der Waals surface area contributed by atoms with E-state index in [0.29, 0.717) is 0 Å². The van der Waals surface area contributed by atoms with Crippen molar-refractivity contribution in [2.45, 2.75) is 5.60 Å². The summed E-state index contributed by atoms with van der Waals surface area (Å²) >= 11 is 1.77. The van der Waals surface area contributed by atoms with Crippen LogP contribution in [0, 0.1) is 0 Å². The van der Waals surface area contributed by atoms with Gasteiger partial charge in [-0.2, -0.15) is 0 Å². The predicted octanol–water partition coefficient (Wildman–Crippen LogP) is 7.92. The highest BCUT2D eigenvalue weighted by Gasteiger charge is 2.37. The maximum Gasteiger partial charge on any atom is 0.178 e. The number of fused-ring (bicyclic) bond motifs is 3. The fourth-order valence-corrected chi connectivity index (χ4v) is 5.29. The van der Waals surface area contributed by atoms with Gasteiger partial charge in [-0.3, -0.25) is 0 Å². The van der Waals surface area contributed by atoms with Crippen LogP contribution in [0.4, 0.5) is 0 Å². The van der Waals surface area contributed by atoms with Gasteiger partial charge in [-0.25, -0.2) is 0 Å². The van der Waals surface area contributed by atoms with Crippen LogP contribution in [0.5, 0.6) is 5.75 Å². The zero-order valence-electron chi connectivity index (χ0n) is 16.9. The molecule has 0 saturated carbocycles. The Kier molecular flexibility index (Phi) is 4.26. The first-order valence-electron chi connectivity index (χ1n) is 10.4. The van der Waals surface area contributed by atoms with Crippen molar-refractivity contribution in [2.75, 3.05) is 0 Å². The fraction of sp³-hybridized carbons (Fsp3) is 0.0345. The van der Waals surface area contributed by atoms with Crippen LogP contribution >= 0.6 is 11.3 Å². The van der Waals surface area contributed by atoms with E-state index in [0.717, 1.165) is 22.4 Å². The number of benzene rings is 4. The zero-order valence-corrected chi connectivity index (χ0v) is 17.7. The van der Waals surface area contributed by atoms with Gasteiger partial charge in [-0.15, -0.1) is 11.3 Å². The molecule has 1 aromatic heterocycles. The standard InChI is InChI=1S/C29H20OS/c1-3-9-21(10-4-1)29(22-11-5-2-6-12-22)19-18-25-23-13-7-14-26(28-15-8-20-31-28)24(23)16-17-27(25)30-29/h1-20H. The van der Waals surface area contributed by atoms with E-state index in [1.807, 2.05) is 12.1 Å². The second-order valence-corrected chi connectivity index (χ2v) is 8.71. The minimum absolute atomic E-state index is 0.644. The third-order valence-electron chi connectivity index (χ3n) is 6.01. The predicted molar refractivity (Wildman–Crippen MR) is 131 cm³/mol. The molecule has 31 heavy (non-hydrogen) atoms. The molecule has 1 aliphatic rings. The summed E-state index contributed by atoms with van der Waals surface area (Å²) in [6, 6.07) is 36.1. The molecule has 4 aromatic carbocycles. The highest BCUT2D eigenvalue weighted by atomic mass is 32.1. The molecule has 2 heterocycles. The number of ether oxygens (including phenoxy) is 1. The van der Waals surface area contributed by atoms with Gasteiger partial charge in [0.1, 0.15) is 5.75 Å². The first kappa shape index (κ1) is 18.2. The Labute approximate surface area is 185 Å². The number of rotatable bonds is 3. The molecule has 1 nitrogen and oxygen atoms in total. The Bertz CT molecular complexity index is 1340. The molecule has 0 unspecified atom stereocenters. The third-order valence-corrected chi connectivity index (χ3v) is 6.91. The zero-order chi connectivity index (χ0) is 20.7. The second-order valence-electron chi connectivity index (χ2n) is 7.76. The van der Waals surface area contributed by atoms with Crippen molar-refractivity contribution in [3.63, 3.8) is 0 Å². The summed E-state index contributed by atoms with van der Waals surface area (Å²) in [5.74, 6) is 0.908. The topological polar surface area (TPSA) is 9.23 Å². The summed E-state index contributed by atoms with van der Waals surface area (Å²) in [5.41, 5.74) is 4.00. The fourth-order valence-electron chi connectivity index (χ4n) is 4.53. The molecule has 5 aromatic rings. The van der Waals surface area contributed by atoms with Crippen LogP contribution in [0.25, 0.3) is 27.3 Å². The van der Waals surface area contributed by atoms with Crippen molar-refractivity contribution in [2.24, 2.45) is 0 Å². The molecule has 1 aliphatic heterocycles. The molecule has 0 amide bonds. The van der Waals surface area contributed by atoms with E-state index >= 15 is 0 Å². The molecular formula is C29H20OS. The molecule has 0 radical (unpaired) electrons. The van der Waals surface area contributed by atoms with Crippen molar-refractivity contribution >= 4 is 28.2 Å². The quantitative estimate of drug-likeness (QED) is 0.290. The average molecular weight is 417 g/mol. The Morgan fingerprint density at radius 2 is 1.35 bits per heavy atom. The molecule has 6 rings (SSSR count). The monoisotopic (exact) mass is 416 g/mol. The van der Waals surface area contributed by atoms with E-state index in [1.54, 1.807) is 11.3 Å². The summed E-state index contributed by atoms with van der Waals surface area (Å²) < 4.78 is 6.85. The Morgan fingerprint density at radius 1 is 0.613 bits per heavy atom. The van der Waals surface area contributed by atoms with Gasteiger partial charge in [0.15, 0.2) is 5.60 Å².